The average Bonchev–Trinajstić information content (AvgIpc) is 2.79. The third-order valence-electron chi connectivity index (χ3n) is 3.75. The van der Waals surface area contributed by atoms with Crippen molar-refractivity contribution in [3.8, 4) is 0 Å². The zero-order valence-corrected chi connectivity index (χ0v) is 10.7. The second kappa shape index (κ2) is 5.67. The summed E-state index contributed by atoms with van der Waals surface area (Å²) < 4.78 is 5.01. The fraction of sp³-hybridized carbons (Fsp3) is 0.833. The molecule has 2 fully saturated rings. The number of nitrogens with zero attached hydrogens (tertiary/aromatic N) is 2. The van der Waals surface area contributed by atoms with Gasteiger partial charge in [-0.2, -0.15) is 0 Å². The third kappa shape index (κ3) is 2.81. The van der Waals surface area contributed by atoms with Gasteiger partial charge in [0, 0.05) is 13.1 Å². The molecule has 6 heteroatoms. The van der Waals surface area contributed by atoms with Crippen LogP contribution in [0.2, 0.25) is 0 Å². The van der Waals surface area contributed by atoms with E-state index >= 15 is 0 Å². The number of ether oxygens (including phenoxy) is 1. The maximum absolute atomic E-state index is 11.8. The molecule has 0 radical (unpaired) electrons. The SMILES string of the molecule is CCN1CCC(CN2C(=O)COCC2C(=O)O)C1. The molecule has 6 nitrogen and oxygen atoms in total. The summed E-state index contributed by atoms with van der Waals surface area (Å²) in [5, 5.41) is 9.11. The fourth-order valence-electron chi connectivity index (χ4n) is 2.67. The Bertz CT molecular complexity index is 334. The lowest BCUT2D eigenvalue weighted by molar-refractivity contribution is -0.163. The lowest BCUT2D eigenvalue weighted by Crippen LogP contribution is -2.54. The molecule has 2 saturated heterocycles. The van der Waals surface area contributed by atoms with Crippen molar-refractivity contribution in [2.24, 2.45) is 5.92 Å². The predicted molar refractivity (Wildman–Crippen MR) is 64.2 cm³/mol. The van der Waals surface area contributed by atoms with Crippen LogP contribution in [0, 0.1) is 5.92 Å². The molecule has 18 heavy (non-hydrogen) atoms. The Morgan fingerprint density at radius 3 is 2.94 bits per heavy atom. The Morgan fingerprint density at radius 2 is 2.33 bits per heavy atom. The predicted octanol–water partition coefficient (Wildman–Crippen LogP) is -0.360. The fourth-order valence-corrected chi connectivity index (χ4v) is 2.67. The van der Waals surface area contributed by atoms with Crippen molar-refractivity contribution in [3.63, 3.8) is 0 Å². The quantitative estimate of drug-likeness (QED) is 0.744. The van der Waals surface area contributed by atoms with Crippen molar-refractivity contribution in [3.05, 3.63) is 0 Å². The first-order chi connectivity index (χ1) is 8.61. The van der Waals surface area contributed by atoms with Crippen molar-refractivity contribution >= 4 is 11.9 Å². The van der Waals surface area contributed by atoms with Crippen molar-refractivity contribution in [1.82, 2.24) is 9.80 Å². The van der Waals surface area contributed by atoms with Crippen molar-refractivity contribution < 1.29 is 19.4 Å². The van der Waals surface area contributed by atoms with Crippen LogP contribution in [0.25, 0.3) is 0 Å². The van der Waals surface area contributed by atoms with Gasteiger partial charge in [-0.15, -0.1) is 0 Å². The molecule has 1 amide bonds. The first-order valence-corrected chi connectivity index (χ1v) is 6.44. The Labute approximate surface area is 106 Å². The van der Waals surface area contributed by atoms with Gasteiger partial charge < -0.3 is 19.6 Å². The maximum atomic E-state index is 11.8. The highest BCUT2D eigenvalue weighted by Gasteiger charge is 2.36. The van der Waals surface area contributed by atoms with Gasteiger partial charge in [0.1, 0.15) is 6.61 Å². The zero-order valence-electron chi connectivity index (χ0n) is 10.7. The summed E-state index contributed by atoms with van der Waals surface area (Å²) in [5.41, 5.74) is 0. The first-order valence-electron chi connectivity index (χ1n) is 6.44. The molecule has 0 spiro atoms. The van der Waals surface area contributed by atoms with Crippen molar-refractivity contribution in [2.75, 3.05) is 39.4 Å². The van der Waals surface area contributed by atoms with E-state index in [0.717, 1.165) is 26.1 Å². The summed E-state index contributed by atoms with van der Waals surface area (Å²) in [4.78, 5) is 26.7. The number of carboxylic acids is 1. The van der Waals surface area contributed by atoms with E-state index < -0.39 is 12.0 Å². The molecule has 2 aliphatic rings. The van der Waals surface area contributed by atoms with Crippen LogP contribution < -0.4 is 0 Å². The van der Waals surface area contributed by atoms with Crippen LogP contribution in [0.4, 0.5) is 0 Å². The first kappa shape index (κ1) is 13.3. The summed E-state index contributed by atoms with van der Waals surface area (Å²) in [6.45, 7) is 5.76. The highest BCUT2D eigenvalue weighted by Crippen LogP contribution is 2.20. The minimum absolute atomic E-state index is 0.00793. The van der Waals surface area contributed by atoms with Gasteiger partial charge in [0.15, 0.2) is 6.04 Å². The van der Waals surface area contributed by atoms with E-state index in [2.05, 4.69) is 11.8 Å². The number of amides is 1. The van der Waals surface area contributed by atoms with E-state index in [9.17, 15) is 9.59 Å². The molecular weight excluding hydrogens is 236 g/mol. The van der Waals surface area contributed by atoms with Crippen LogP contribution in [0.3, 0.4) is 0 Å². The van der Waals surface area contributed by atoms with E-state index in [-0.39, 0.29) is 19.1 Å². The van der Waals surface area contributed by atoms with Gasteiger partial charge in [-0.3, -0.25) is 4.79 Å². The number of carbonyl (C=O) groups excluding carboxylic acids is 1. The molecule has 0 aromatic rings. The maximum Gasteiger partial charge on any atom is 0.328 e. The van der Waals surface area contributed by atoms with Crippen LogP contribution in [0.5, 0.6) is 0 Å². The number of rotatable bonds is 4. The standard InChI is InChI=1S/C12H20N2O4/c1-2-13-4-3-9(5-13)6-14-10(12(16)17)7-18-8-11(14)15/h9-10H,2-8H2,1H3,(H,16,17). The van der Waals surface area contributed by atoms with Gasteiger partial charge in [-0.1, -0.05) is 6.92 Å². The highest BCUT2D eigenvalue weighted by molar-refractivity contribution is 5.85. The number of carbonyl (C=O) groups is 2. The number of hydrogen-bond acceptors (Lipinski definition) is 4. The molecule has 2 aliphatic heterocycles. The van der Waals surface area contributed by atoms with E-state index in [1.54, 1.807) is 0 Å². The van der Waals surface area contributed by atoms with Gasteiger partial charge in [0.2, 0.25) is 5.91 Å². The molecule has 0 saturated carbocycles. The largest absolute Gasteiger partial charge is 0.480 e. The van der Waals surface area contributed by atoms with E-state index in [1.807, 2.05) is 0 Å². The topological polar surface area (TPSA) is 70.1 Å². The molecular formula is C12H20N2O4. The van der Waals surface area contributed by atoms with Gasteiger partial charge in [-0.05, 0) is 25.4 Å². The number of aliphatic carboxylic acids is 1. The molecule has 2 unspecified atom stereocenters. The molecule has 0 bridgehead atoms. The van der Waals surface area contributed by atoms with Gasteiger partial charge in [-0.25, -0.2) is 4.79 Å². The lowest BCUT2D eigenvalue weighted by atomic mass is 10.1. The van der Waals surface area contributed by atoms with E-state index in [1.165, 1.54) is 4.90 Å². The van der Waals surface area contributed by atoms with Crippen LogP contribution in [0.15, 0.2) is 0 Å². The molecule has 2 heterocycles. The van der Waals surface area contributed by atoms with Crippen LogP contribution >= 0.6 is 0 Å². The Balaban J connectivity index is 1.96. The van der Waals surface area contributed by atoms with Gasteiger partial charge in [0.05, 0.1) is 6.61 Å². The third-order valence-corrected chi connectivity index (χ3v) is 3.75. The van der Waals surface area contributed by atoms with Crippen molar-refractivity contribution in [2.45, 2.75) is 19.4 Å². The molecule has 0 aromatic carbocycles. The summed E-state index contributed by atoms with van der Waals surface area (Å²) in [5.74, 6) is -0.800. The monoisotopic (exact) mass is 256 g/mol. The zero-order chi connectivity index (χ0) is 13.1. The number of likely N-dealkylation sites (tertiary alicyclic amines) is 1. The summed E-state index contributed by atoms with van der Waals surface area (Å²) in [7, 11) is 0. The van der Waals surface area contributed by atoms with Crippen LogP contribution in [-0.2, 0) is 14.3 Å². The molecule has 0 aliphatic carbocycles. The number of carboxylic acid groups (broad SMARTS) is 1. The van der Waals surface area contributed by atoms with Crippen LogP contribution in [0.1, 0.15) is 13.3 Å². The lowest BCUT2D eigenvalue weighted by Gasteiger charge is -2.34. The number of hydrogen-bond donors (Lipinski definition) is 1. The molecule has 2 atom stereocenters. The minimum Gasteiger partial charge on any atom is -0.480 e. The Hall–Kier alpha value is -1.14. The Kier molecular flexibility index (Phi) is 4.19. The molecule has 102 valence electrons. The van der Waals surface area contributed by atoms with Gasteiger partial charge in [0.25, 0.3) is 0 Å². The van der Waals surface area contributed by atoms with Gasteiger partial charge >= 0.3 is 5.97 Å². The molecule has 0 aromatic heterocycles. The minimum atomic E-state index is -0.978. The highest BCUT2D eigenvalue weighted by atomic mass is 16.5. The number of morpholine rings is 1. The van der Waals surface area contributed by atoms with E-state index in [4.69, 9.17) is 9.84 Å². The average molecular weight is 256 g/mol. The van der Waals surface area contributed by atoms with Crippen LogP contribution in [-0.4, -0.2) is 72.2 Å². The second-order valence-corrected chi connectivity index (χ2v) is 4.96. The summed E-state index contributed by atoms with van der Waals surface area (Å²) in [6.07, 6.45) is 1.03. The van der Waals surface area contributed by atoms with Crippen molar-refractivity contribution in [1.29, 1.82) is 0 Å². The second-order valence-electron chi connectivity index (χ2n) is 4.96. The normalized spacial score (nSPS) is 29.8. The summed E-state index contributed by atoms with van der Waals surface area (Å²) in [6, 6.07) is -0.818. The molecule has 2 rings (SSSR count). The smallest absolute Gasteiger partial charge is 0.328 e. The Morgan fingerprint density at radius 1 is 1.56 bits per heavy atom. The summed E-state index contributed by atoms with van der Waals surface area (Å²) >= 11 is 0. The van der Waals surface area contributed by atoms with E-state index in [0.29, 0.717) is 12.5 Å². The molecule has 1 N–H and O–H groups in total.